The van der Waals surface area contributed by atoms with E-state index in [-0.39, 0.29) is 40.0 Å². The first kappa shape index (κ1) is 34.6. The molecule has 48 heavy (non-hydrogen) atoms. The highest BCUT2D eigenvalue weighted by molar-refractivity contribution is 14.1. The van der Waals surface area contributed by atoms with Gasteiger partial charge in [0.2, 0.25) is 0 Å². The van der Waals surface area contributed by atoms with Gasteiger partial charge in [-0.05, 0) is 215 Å². The van der Waals surface area contributed by atoms with Crippen LogP contribution in [-0.4, -0.2) is 30.5 Å². The molecule has 8 fully saturated rings. The molecule has 2 atom stereocenters. The van der Waals surface area contributed by atoms with E-state index >= 15 is 0 Å². The van der Waals surface area contributed by atoms with E-state index < -0.39 is 21.1 Å². The molecule has 0 radical (unpaired) electrons. The van der Waals surface area contributed by atoms with Crippen molar-refractivity contribution in [3.8, 4) is 5.75 Å². The van der Waals surface area contributed by atoms with Gasteiger partial charge in [-0.1, -0.05) is 13.8 Å². The second-order valence-electron chi connectivity index (χ2n) is 16.7. The zero-order valence-corrected chi connectivity index (χ0v) is 34.5. The highest BCUT2D eigenvalue weighted by Gasteiger charge is 2.63. The smallest absolute Gasteiger partial charge is 0.339 e. The molecule has 11 heteroatoms. The van der Waals surface area contributed by atoms with Crippen LogP contribution in [0, 0.1) is 45.7 Å². The van der Waals surface area contributed by atoms with Gasteiger partial charge in [0.1, 0.15) is 16.2 Å². The number of carbonyl (C=O) groups is 2. The molecule has 258 valence electrons. The number of halogens is 3. The number of carbonyl (C=O) groups excluding carboxylic acids is 2. The lowest BCUT2D eigenvalue weighted by Crippen LogP contribution is -2.60. The van der Waals surface area contributed by atoms with Gasteiger partial charge in [-0.3, -0.25) is 9.35 Å². The van der Waals surface area contributed by atoms with Gasteiger partial charge in [0, 0.05) is 17.1 Å². The summed E-state index contributed by atoms with van der Waals surface area (Å²) in [5, 5.41) is 0. The molecule has 1 N–H and O–H groups in total. The molecule has 7 nitrogen and oxygen atoms in total. The molecule has 8 saturated carbocycles. The summed E-state index contributed by atoms with van der Waals surface area (Å²) in [5.74, 6) is 1.78. The second kappa shape index (κ2) is 12.0. The molecule has 0 spiro atoms. The molecule has 2 aromatic carbocycles. The number of hydrogen-bond donors (Lipinski definition) is 1. The van der Waals surface area contributed by atoms with E-state index in [4.69, 9.17) is 9.47 Å². The van der Waals surface area contributed by atoms with E-state index in [1.165, 1.54) is 19.3 Å². The summed E-state index contributed by atoms with van der Waals surface area (Å²) >= 11 is 6.68. The van der Waals surface area contributed by atoms with Gasteiger partial charge in [-0.25, -0.2) is 4.79 Å². The maximum Gasteiger partial charge on any atom is 0.339 e. The average Bonchev–Trinajstić information content (AvgIpc) is 2.96. The van der Waals surface area contributed by atoms with Crippen LogP contribution in [0.4, 0.5) is 0 Å². The quantitative estimate of drug-likeness (QED) is 0.0969. The normalized spacial score (nSPS) is 36.1. The molecule has 2 aromatic rings. The lowest BCUT2D eigenvalue weighted by Gasteiger charge is -2.59. The van der Waals surface area contributed by atoms with E-state index in [0.717, 1.165) is 49.2 Å². The lowest BCUT2D eigenvalue weighted by molar-refractivity contribution is -0.189. The minimum atomic E-state index is -4.53. The van der Waals surface area contributed by atoms with Crippen molar-refractivity contribution in [2.24, 2.45) is 35.0 Å². The average molecular weight is 1010 g/mol. The predicted molar refractivity (Wildman–Crippen MR) is 206 cm³/mol. The third-order valence-corrected chi connectivity index (χ3v) is 17.4. The van der Waals surface area contributed by atoms with E-state index in [2.05, 4.69) is 67.8 Å². The van der Waals surface area contributed by atoms with E-state index in [1.807, 2.05) is 26.0 Å². The lowest BCUT2D eigenvalue weighted by atomic mass is 9.48. The van der Waals surface area contributed by atoms with Gasteiger partial charge in [0.05, 0.1) is 11.0 Å². The van der Waals surface area contributed by atoms with E-state index in [0.29, 0.717) is 59.5 Å². The van der Waals surface area contributed by atoms with Crippen LogP contribution in [0.2, 0.25) is 0 Å². The summed E-state index contributed by atoms with van der Waals surface area (Å²) in [4.78, 5) is 28.2. The highest BCUT2D eigenvalue weighted by Crippen LogP contribution is 2.64. The van der Waals surface area contributed by atoms with Crippen LogP contribution in [0.3, 0.4) is 0 Å². The number of benzene rings is 2. The first-order chi connectivity index (χ1) is 22.6. The molecule has 0 heterocycles. The molecule has 8 aliphatic carbocycles. The van der Waals surface area contributed by atoms with Crippen molar-refractivity contribution >= 4 is 89.8 Å². The number of esters is 2. The Morgan fingerprint density at radius 3 is 1.98 bits per heavy atom. The Bertz CT molecular complexity index is 1790. The zero-order chi connectivity index (χ0) is 34.0. The largest absolute Gasteiger partial charge is 0.455 e. The van der Waals surface area contributed by atoms with Crippen molar-refractivity contribution in [2.45, 2.75) is 113 Å². The minimum Gasteiger partial charge on any atom is -0.455 e. The van der Waals surface area contributed by atoms with Gasteiger partial charge in [0.15, 0.2) is 0 Å². The van der Waals surface area contributed by atoms with Crippen LogP contribution in [0.1, 0.15) is 118 Å². The SMILES string of the molecule is CC(C)c1cc(OC(=O)C23CC4CC(CC(OC(=O)c5cc(I)cc(I)c5I)(C4)C2)C3)cc(C23CC4CC(CC(C4)C2)C3)c1S(=O)(=O)O. The maximum absolute atomic E-state index is 14.5. The van der Waals surface area contributed by atoms with Gasteiger partial charge >= 0.3 is 11.9 Å². The summed E-state index contributed by atoms with van der Waals surface area (Å²) in [5.41, 5.74) is -0.0933. The second-order valence-corrected chi connectivity index (χ2v) is 21.5. The molecule has 0 aliphatic heterocycles. The summed E-state index contributed by atoms with van der Waals surface area (Å²) < 4.78 is 52.6. The van der Waals surface area contributed by atoms with Crippen LogP contribution < -0.4 is 4.74 Å². The zero-order valence-electron chi connectivity index (χ0n) is 27.2. The third-order valence-electron chi connectivity index (χ3n) is 12.8. The van der Waals surface area contributed by atoms with Gasteiger partial charge in [-0.15, -0.1) is 0 Å². The molecular weight excluding hydrogens is 969 g/mol. The fraction of sp³-hybridized carbons (Fsp3) is 0.622. The summed E-state index contributed by atoms with van der Waals surface area (Å²) in [6.45, 7) is 3.85. The first-order valence-electron chi connectivity index (χ1n) is 17.3. The van der Waals surface area contributed by atoms with E-state index in [9.17, 15) is 22.6 Å². The van der Waals surface area contributed by atoms with Crippen LogP contribution >= 0.6 is 67.8 Å². The third kappa shape index (κ3) is 5.90. The Morgan fingerprint density at radius 2 is 1.42 bits per heavy atom. The van der Waals surface area contributed by atoms with Crippen molar-refractivity contribution < 1.29 is 32.0 Å². The highest BCUT2D eigenvalue weighted by atomic mass is 127. The van der Waals surface area contributed by atoms with Crippen LogP contribution in [0.15, 0.2) is 29.2 Å². The van der Waals surface area contributed by atoms with Gasteiger partial charge in [0.25, 0.3) is 10.1 Å². The summed E-state index contributed by atoms with van der Waals surface area (Å²) in [6, 6.07) is 7.38. The molecule has 8 bridgehead atoms. The van der Waals surface area contributed by atoms with Crippen LogP contribution in [-0.2, 0) is 25.1 Å². The van der Waals surface area contributed by atoms with Crippen LogP contribution in [0.25, 0.3) is 0 Å². The van der Waals surface area contributed by atoms with E-state index in [1.54, 1.807) is 12.1 Å². The molecule has 0 amide bonds. The summed E-state index contributed by atoms with van der Waals surface area (Å²) in [7, 11) is -4.53. The molecular formula is C37H41I3O7S. The van der Waals surface area contributed by atoms with Crippen molar-refractivity contribution in [3.05, 3.63) is 51.7 Å². The van der Waals surface area contributed by atoms with Crippen molar-refractivity contribution in [1.29, 1.82) is 0 Å². The molecule has 8 aliphatic rings. The summed E-state index contributed by atoms with van der Waals surface area (Å²) in [6.07, 6.45) is 10.8. The topological polar surface area (TPSA) is 107 Å². The van der Waals surface area contributed by atoms with Gasteiger partial charge < -0.3 is 9.47 Å². The monoisotopic (exact) mass is 1010 g/mol. The van der Waals surface area contributed by atoms with Crippen molar-refractivity contribution in [3.63, 3.8) is 0 Å². The van der Waals surface area contributed by atoms with Crippen molar-refractivity contribution in [2.75, 3.05) is 0 Å². The molecule has 10 rings (SSSR count). The standard InChI is InChI=1S/C37H41I3O7S/c1-19(2)27-9-26(10-29(32(27)48(43,44)45)35-11-20-3-21(12-35)5-22(4-20)13-35)46-34(42)36-14-23-6-24(15-36)17-37(16-23,18-36)47-33(41)28-7-25(38)8-30(39)31(28)40/h7-10,19-24H,3-6,11-18H2,1-2H3,(H,43,44,45). The fourth-order valence-electron chi connectivity index (χ4n) is 11.9. The molecule has 0 saturated heterocycles. The van der Waals surface area contributed by atoms with Crippen LogP contribution in [0.5, 0.6) is 5.75 Å². The minimum absolute atomic E-state index is 0.0276. The Balaban J connectivity index is 1.13. The first-order valence-corrected chi connectivity index (χ1v) is 22.0. The van der Waals surface area contributed by atoms with Crippen molar-refractivity contribution in [1.82, 2.24) is 0 Å². The number of hydrogen-bond acceptors (Lipinski definition) is 6. The fourth-order valence-corrected chi connectivity index (χ4v) is 15.5. The Hall–Kier alpha value is -0.520. The predicted octanol–water partition coefficient (Wildman–Crippen LogP) is 9.44. The Labute approximate surface area is 324 Å². The Morgan fingerprint density at radius 1 is 0.833 bits per heavy atom. The molecule has 2 unspecified atom stereocenters. The Kier molecular flexibility index (Phi) is 8.65. The van der Waals surface area contributed by atoms with Gasteiger partial charge in [-0.2, -0.15) is 8.42 Å². The molecule has 0 aromatic heterocycles. The number of ether oxygens (including phenoxy) is 2. The number of rotatable bonds is 7. The maximum atomic E-state index is 14.5.